The van der Waals surface area contributed by atoms with Crippen LogP contribution in [0.4, 0.5) is 4.79 Å². The summed E-state index contributed by atoms with van der Waals surface area (Å²) >= 11 is 12.6. The standard InChI is InChI=1S/C32H37Cl2N3O3.ClH.H2O/c1-3-40-31(39)35-32(27-12-8-5-9-13-27)17-20-37(21-18-32)19-16-26(25-14-15-28(33)29(34)22-25)23-36(2)30(38)24-10-6-4-7-11-24;;/h4-15,22,26H,3,16-21,23H2,1-2H3,(H,35,39);1H;1H2. The fourth-order valence-corrected chi connectivity index (χ4v) is 5.75. The van der Waals surface area contributed by atoms with E-state index in [0.717, 1.165) is 50.0 Å². The summed E-state index contributed by atoms with van der Waals surface area (Å²) in [5, 5.41) is 4.19. The number of halogens is 3. The number of piperidine rings is 1. The largest absolute Gasteiger partial charge is 0.450 e. The maximum Gasteiger partial charge on any atom is 0.407 e. The third kappa shape index (κ3) is 9.09. The lowest BCUT2D eigenvalue weighted by Gasteiger charge is -2.42. The zero-order valence-corrected chi connectivity index (χ0v) is 26.4. The van der Waals surface area contributed by atoms with Crippen molar-refractivity contribution < 1.29 is 19.8 Å². The van der Waals surface area contributed by atoms with Crippen molar-refractivity contribution >= 4 is 47.6 Å². The topological polar surface area (TPSA) is 93.4 Å². The van der Waals surface area contributed by atoms with E-state index in [4.69, 9.17) is 27.9 Å². The molecule has 3 aromatic rings. The first kappa shape index (κ1) is 35.4. The number of carbonyl (C=O) groups is 2. The van der Waals surface area contributed by atoms with Crippen molar-refractivity contribution in [3.63, 3.8) is 0 Å². The SMILES string of the molecule is CCOC(=O)NC1(c2ccccc2)CCN(CCC(CN(C)C(=O)c2ccccc2)c2ccc(Cl)c(Cl)c2)CC1.Cl.O. The van der Waals surface area contributed by atoms with Crippen molar-refractivity contribution in [1.29, 1.82) is 0 Å². The number of amides is 2. The summed E-state index contributed by atoms with van der Waals surface area (Å²) < 4.78 is 5.24. The third-order valence-corrected chi connectivity index (χ3v) is 8.46. The maximum atomic E-state index is 13.1. The van der Waals surface area contributed by atoms with Gasteiger partial charge in [-0.05, 0) is 68.1 Å². The molecule has 228 valence electrons. The lowest BCUT2D eigenvalue weighted by molar-refractivity contribution is 0.0776. The van der Waals surface area contributed by atoms with Crippen LogP contribution in [0.1, 0.15) is 53.6 Å². The molecule has 10 heteroatoms. The Hall–Kier alpha value is -2.81. The molecular formula is C32H40Cl3N3O4. The van der Waals surface area contributed by atoms with Gasteiger partial charge in [-0.2, -0.15) is 0 Å². The van der Waals surface area contributed by atoms with Gasteiger partial charge in [-0.15, -0.1) is 12.4 Å². The van der Waals surface area contributed by atoms with Crippen molar-refractivity contribution in [3.8, 4) is 0 Å². The summed E-state index contributed by atoms with van der Waals surface area (Å²) in [6.07, 6.45) is 2.01. The predicted octanol–water partition coefficient (Wildman–Crippen LogP) is 6.57. The van der Waals surface area contributed by atoms with Gasteiger partial charge in [0.25, 0.3) is 5.91 Å². The number of hydrogen-bond donors (Lipinski definition) is 1. The quantitative estimate of drug-likeness (QED) is 0.272. The van der Waals surface area contributed by atoms with Gasteiger partial charge in [0.15, 0.2) is 0 Å². The number of carbonyl (C=O) groups excluding carboxylic acids is 2. The molecular weight excluding hydrogens is 597 g/mol. The first-order valence-electron chi connectivity index (χ1n) is 13.8. The molecule has 0 aliphatic carbocycles. The van der Waals surface area contributed by atoms with Gasteiger partial charge in [0.1, 0.15) is 0 Å². The summed E-state index contributed by atoms with van der Waals surface area (Å²) in [6, 6.07) is 25.2. The van der Waals surface area contributed by atoms with E-state index in [-0.39, 0.29) is 35.8 Å². The third-order valence-electron chi connectivity index (χ3n) is 7.72. The first-order chi connectivity index (χ1) is 19.3. The van der Waals surface area contributed by atoms with Gasteiger partial charge in [-0.1, -0.05) is 77.8 Å². The molecule has 42 heavy (non-hydrogen) atoms. The molecule has 0 spiro atoms. The van der Waals surface area contributed by atoms with E-state index in [2.05, 4.69) is 22.3 Å². The number of rotatable bonds is 10. The van der Waals surface area contributed by atoms with Crippen LogP contribution < -0.4 is 5.32 Å². The van der Waals surface area contributed by atoms with Crippen LogP contribution in [-0.2, 0) is 10.3 Å². The molecule has 1 aliphatic rings. The molecule has 4 rings (SSSR count). The Balaban J connectivity index is 0.00000308. The van der Waals surface area contributed by atoms with Crippen molar-refractivity contribution in [2.24, 2.45) is 0 Å². The van der Waals surface area contributed by atoms with E-state index in [9.17, 15) is 9.59 Å². The minimum absolute atomic E-state index is 0. The highest BCUT2D eigenvalue weighted by Gasteiger charge is 2.38. The molecule has 3 aromatic carbocycles. The highest BCUT2D eigenvalue weighted by molar-refractivity contribution is 6.42. The number of alkyl carbamates (subject to hydrolysis) is 1. The van der Waals surface area contributed by atoms with Crippen molar-refractivity contribution in [2.45, 2.75) is 37.6 Å². The first-order valence-corrected chi connectivity index (χ1v) is 14.5. The highest BCUT2D eigenvalue weighted by atomic mass is 35.5. The van der Waals surface area contributed by atoms with Gasteiger partial charge in [0, 0.05) is 38.2 Å². The van der Waals surface area contributed by atoms with Crippen molar-refractivity contribution in [3.05, 3.63) is 106 Å². The summed E-state index contributed by atoms with van der Waals surface area (Å²) in [7, 11) is 1.84. The van der Waals surface area contributed by atoms with Crippen LogP contribution in [0.15, 0.2) is 78.9 Å². The van der Waals surface area contributed by atoms with Crippen molar-refractivity contribution in [1.82, 2.24) is 15.1 Å². The zero-order chi connectivity index (χ0) is 28.5. The summed E-state index contributed by atoms with van der Waals surface area (Å²) in [5.41, 5.74) is 2.36. The molecule has 0 radical (unpaired) electrons. The molecule has 0 saturated carbocycles. The molecule has 1 heterocycles. The fourth-order valence-electron chi connectivity index (χ4n) is 5.45. The number of benzene rings is 3. The molecule has 1 aliphatic heterocycles. The van der Waals surface area contributed by atoms with Gasteiger partial charge in [0.2, 0.25) is 0 Å². The monoisotopic (exact) mass is 635 g/mol. The lowest BCUT2D eigenvalue weighted by Crippen LogP contribution is -2.53. The van der Waals surface area contributed by atoms with Crippen LogP contribution in [0.3, 0.4) is 0 Å². The highest BCUT2D eigenvalue weighted by Crippen LogP contribution is 2.34. The van der Waals surface area contributed by atoms with Crippen LogP contribution in [0, 0.1) is 0 Å². The van der Waals surface area contributed by atoms with Gasteiger partial charge in [-0.3, -0.25) is 4.79 Å². The molecule has 1 fully saturated rings. The Morgan fingerprint density at radius 2 is 1.60 bits per heavy atom. The minimum atomic E-state index is -0.463. The van der Waals surface area contributed by atoms with E-state index in [1.165, 1.54) is 0 Å². The Kier molecular flexibility index (Phi) is 14.1. The number of ether oxygens (including phenoxy) is 1. The molecule has 1 saturated heterocycles. The van der Waals surface area contributed by atoms with Crippen LogP contribution in [0.5, 0.6) is 0 Å². The van der Waals surface area contributed by atoms with Crippen molar-refractivity contribution in [2.75, 3.05) is 39.8 Å². The van der Waals surface area contributed by atoms with Gasteiger partial charge in [-0.25, -0.2) is 4.79 Å². The minimum Gasteiger partial charge on any atom is -0.450 e. The predicted molar refractivity (Wildman–Crippen MR) is 172 cm³/mol. The average Bonchev–Trinajstić information content (AvgIpc) is 2.98. The Bertz CT molecular complexity index is 1270. The van der Waals surface area contributed by atoms with Crippen LogP contribution in [0.25, 0.3) is 0 Å². The normalized spacial score (nSPS) is 15.0. The summed E-state index contributed by atoms with van der Waals surface area (Å²) in [5.74, 6) is 0.0622. The molecule has 1 atom stereocenters. The van der Waals surface area contributed by atoms with E-state index >= 15 is 0 Å². The second-order valence-electron chi connectivity index (χ2n) is 10.3. The Morgan fingerprint density at radius 1 is 0.976 bits per heavy atom. The number of likely N-dealkylation sites (tertiary alicyclic amines) is 1. The lowest BCUT2D eigenvalue weighted by atomic mass is 9.80. The second-order valence-corrected chi connectivity index (χ2v) is 11.2. The number of likely N-dealkylation sites (N-methyl/N-ethyl adjacent to an activating group) is 1. The van der Waals surface area contributed by atoms with Gasteiger partial charge < -0.3 is 25.3 Å². The Morgan fingerprint density at radius 3 is 2.19 bits per heavy atom. The fraction of sp³-hybridized carbons (Fsp3) is 0.375. The molecule has 7 nitrogen and oxygen atoms in total. The van der Waals surface area contributed by atoms with E-state index < -0.39 is 5.54 Å². The van der Waals surface area contributed by atoms with Gasteiger partial charge in [0.05, 0.1) is 22.2 Å². The maximum absolute atomic E-state index is 13.1. The second kappa shape index (κ2) is 16.7. The Labute approximate surface area is 264 Å². The number of hydrogen-bond acceptors (Lipinski definition) is 4. The molecule has 3 N–H and O–H groups in total. The van der Waals surface area contributed by atoms with Crippen LogP contribution in [-0.4, -0.2) is 67.1 Å². The summed E-state index contributed by atoms with van der Waals surface area (Å²) in [4.78, 5) is 29.8. The molecule has 0 bridgehead atoms. The van der Waals surface area contributed by atoms with E-state index in [0.29, 0.717) is 28.8 Å². The molecule has 1 unspecified atom stereocenters. The number of nitrogens with one attached hydrogen (secondary N) is 1. The molecule has 0 aromatic heterocycles. The average molecular weight is 637 g/mol. The molecule has 2 amide bonds. The van der Waals surface area contributed by atoms with Crippen LogP contribution >= 0.6 is 35.6 Å². The summed E-state index contributed by atoms with van der Waals surface area (Å²) in [6.45, 7) is 5.20. The number of nitrogens with zero attached hydrogens (tertiary/aromatic N) is 2. The zero-order valence-electron chi connectivity index (χ0n) is 24.0. The van der Waals surface area contributed by atoms with E-state index in [1.54, 1.807) is 4.90 Å². The van der Waals surface area contributed by atoms with Gasteiger partial charge >= 0.3 is 6.09 Å². The van der Waals surface area contributed by atoms with Crippen LogP contribution in [0.2, 0.25) is 10.0 Å². The smallest absolute Gasteiger partial charge is 0.407 e. The van der Waals surface area contributed by atoms with E-state index in [1.807, 2.05) is 80.7 Å².